The van der Waals surface area contributed by atoms with E-state index in [0.717, 1.165) is 33.2 Å². The molecule has 4 aromatic rings. The van der Waals surface area contributed by atoms with Crippen molar-refractivity contribution >= 4 is 62.8 Å². The van der Waals surface area contributed by atoms with E-state index in [2.05, 4.69) is 39.9 Å². The van der Waals surface area contributed by atoms with E-state index in [0.29, 0.717) is 9.93 Å². The second-order valence-electron chi connectivity index (χ2n) is 7.06. The van der Waals surface area contributed by atoms with Crippen molar-refractivity contribution in [2.75, 3.05) is 5.32 Å². The van der Waals surface area contributed by atoms with Crippen molar-refractivity contribution in [3.63, 3.8) is 0 Å². The minimum atomic E-state index is -0.234. The van der Waals surface area contributed by atoms with Gasteiger partial charge in [-0.3, -0.25) is 4.79 Å². The number of amides is 1. The highest BCUT2D eigenvalue weighted by Gasteiger charge is 2.27. The third-order valence-electron chi connectivity index (χ3n) is 5.04. The van der Waals surface area contributed by atoms with Gasteiger partial charge in [0.2, 0.25) is 0 Å². The molecule has 1 fully saturated rings. The van der Waals surface area contributed by atoms with E-state index in [9.17, 15) is 4.79 Å². The molecule has 1 aliphatic heterocycles. The van der Waals surface area contributed by atoms with E-state index < -0.39 is 0 Å². The first kappa shape index (κ1) is 18.2. The monoisotopic (exact) mass is 419 g/mol. The highest BCUT2D eigenvalue weighted by molar-refractivity contribution is 8.05. The highest BCUT2D eigenvalue weighted by atomic mass is 35.5. The number of carbonyl (C=O) groups excluding carboxylic acids is 1. The summed E-state index contributed by atoms with van der Waals surface area (Å²) in [6, 6.07) is 20.1. The van der Waals surface area contributed by atoms with Crippen LogP contribution in [0.2, 0.25) is 5.02 Å². The number of nitrogens with one attached hydrogen (secondary N) is 3. The van der Waals surface area contributed by atoms with Crippen LogP contribution in [0.25, 0.3) is 27.9 Å². The van der Waals surface area contributed by atoms with Gasteiger partial charge in [0.15, 0.2) is 5.50 Å². The summed E-state index contributed by atoms with van der Waals surface area (Å²) in [5.41, 5.74) is 4.96. The quantitative estimate of drug-likeness (QED) is 0.363. The normalized spacial score (nSPS) is 17.9. The van der Waals surface area contributed by atoms with Gasteiger partial charge in [-0.25, -0.2) is 0 Å². The Morgan fingerprint density at radius 2 is 1.86 bits per heavy atom. The molecule has 1 amide bonds. The maximum absolute atomic E-state index is 12.5. The zero-order chi connectivity index (χ0) is 20.0. The zero-order valence-corrected chi connectivity index (χ0v) is 17.2. The van der Waals surface area contributed by atoms with Crippen LogP contribution in [0.1, 0.15) is 11.1 Å². The average molecular weight is 420 g/mol. The van der Waals surface area contributed by atoms with Crippen LogP contribution < -0.4 is 10.6 Å². The number of aromatic nitrogens is 1. The van der Waals surface area contributed by atoms with Gasteiger partial charge in [-0.05, 0) is 54.5 Å². The van der Waals surface area contributed by atoms with Crippen molar-refractivity contribution in [2.45, 2.75) is 12.4 Å². The van der Waals surface area contributed by atoms with E-state index in [1.807, 2.05) is 49.4 Å². The molecule has 0 saturated carbocycles. The van der Waals surface area contributed by atoms with Crippen LogP contribution in [0, 0.1) is 6.92 Å². The Bertz CT molecular complexity index is 1290. The second-order valence-corrected chi connectivity index (χ2v) is 8.64. The Morgan fingerprint density at radius 1 is 1.03 bits per heavy atom. The number of fused-ring (bicyclic) bond motifs is 3. The lowest BCUT2D eigenvalue weighted by Gasteiger charge is -2.15. The van der Waals surface area contributed by atoms with Crippen molar-refractivity contribution in [1.82, 2.24) is 10.3 Å². The minimum absolute atomic E-state index is 0.0776. The third-order valence-corrected chi connectivity index (χ3v) is 6.31. The summed E-state index contributed by atoms with van der Waals surface area (Å²) >= 11 is 7.57. The first-order valence-electron chi connectivity index (χ1n) is 9.29. The molecule has 4 nitrogen and oxygen atoms in total. The Balaban J connectivity index is 1.42. The van der Waals surface area contributed by atoms with Crippen molar-refractivity contribution < 1.29 is 4.79 Å². The number of aromatic amines is 1. The zero-order valence-electron chi connectivity index (χ0n) is 15.6. The maximum atomic E-state index is 12.5. The standard InChI is InChI=1S/C23H18ClN3OS/c1-13-6-8-15(24)12-20(13)26-23-27-22(28)21(29-23)11-14-7-9-19-17(10-14)16-4-2-3-5-18(16)25-19/h2-12,23,25-26H,1H3,(H,27,28)/b21-11-. The third kappa shape index (κ3) is 3.48. The smallest absolute Gasteiger partial charge is 0.260 e. The number of hydrogen-bond acceptors (Lipinski definition) is 3. The number of benzene rings is 3. The SMILES string of the molecule is Cc1ccc(Cl)cc1NC1NC(=O)/C(=C/c2ccc3[nH]c4ccccc4c3c2)S1. The number of anilines is 1. The predicted molar refractivity (Wildman–Crippen MR) is 123 cm³/mol. The molecule has 3 N–H and O–H groups in total. The van der Waals surface area contributed by atoms with Crippen LogP contribution in [0.5, 0.6) is 0 Å². The number of halogens is 1. The number of rotatable bonds is 3. The van der Waals surface area contributed by atoms with Crippen molar-refractivity contribution in [3.8, 4) is 0 Å². The molecule has 0 radical (unpaired) electrons. The molecule has 2 heterocycles. The molecule has 1 atom stereocenters. The summed E-state index contributed by atoms with van der Waals surface area (Å²) in [5, 5.41) is 9.32. The molecule has 0 aliphatic carbocycles. The Kier molecular flexibility index (Phi) is 4.49. The van der Waals surface area contributed by atoms with Gasteiger partial charge >= 0.3 is 0 Å². The van der Waals surface area contributed by atoms with Gasteiger partial charge in [-0.2, -0.15) is 0 Å². The summed E-state index contributed by atoms with van der Waals surface area (Å²) in [4.78, 5) is 16.6. The fraction of sp³-hybridized carbons (Fsp3) is 0.0870. The van der Waals surface area contributed by atoms with Gasteiger partial charge in [0.25, 0.3) is 5.91 Å². The molecule has 1 aromatic heterocycles. The molecule has 3 aromatic carbocycles. The fourth-order valence-corrected chi connectivity index (χ4v) is 4.71. The van der Waals surface area contributed by atoms with Gasteiger partial charge in [-0.15, -0.1) is 0 Å². The van der Waals surface area contributed by atoms with Crippen molar-refractivity contribution in [2.24, 2.45) is 0 Å². The van der Waals surface area contributed by atoms with Crippen LogP contribution in [0.4, 0.5) is 5.69 Å². The number of thioether (sulfide) groups is 1. The second kappa shape index (κ2) is 7.17. The maximum Gasteiger partial charge on any atom is 0.260 e. The van der Waals surface area contributed by atoms with Gasteiger partial charge in [-0.1, -0.05) is 53.7 Å². The highest BCUT2D eigenvalue weighted by Crippen LogP contribution is 2.33. The number of hydrogen-bond donors (Lipinski definition) is 3. The number of H-pyrrole nitrogens is 1. The van der Waals surface area contributed by atoms with Crippen LogP contribution >= 0.6 is 23.4 Å². The summed E-state index contributed by atoms with van der Waals surface area (Å²) in [5.74, 6) is -0.0776. The minimum Gasteiger partial charge on any atom is -0.356 e. The van der Waals surface area contributed by atoms with Gasteiger partial charge in [0.05, 0.1) is 4.91 Å². The van der Waals surface area contributed by atoms with Gasteiger partial charge in [0, 0.05) is 32.5 Å². The Hall–Kier alpha value is -2.89. The molecule has 29 heavy (non-hydrogen) atoms. The molecule has 144 valence electrons. The number of carbonyl (C=O) groups is 1. The van der Waals surface area contributed by atoms with E-state index in [1.165, 1.54) is 17.1 Å². The Morgan fingerprint density at radius 3 is 2.76 bits per heavy atom. The van der Waals surface area contributed by atoms with Crippen molar-refractivity contribution in [3.05, 3.63) is 81.7 Å². The molecule has 0 bridgehead atoms. The van der Waals surface area contributed by atoms with Crippen molar-refractivity contribution in [1.29, 1.82) is 0 Å². The van der Waals surface area contributed by atoms with Crippen LogP contribution in [-0.4, -0.2) is 16.4 Å². The Labute approximate surface area is 177 Å². The van der Waals surface area contributed by atoms with Crippen LogP contribution in [0.3, 0.4) is 0 Å². The van der Waals surface area contributed by atoms with Crippen LogP contribution in [-0.2, 0) is 4.79 Å². The molecular formula is C23H18ClN3OS. The van der Waals surface area contributed by atoms with E-state index >= 15 is 0 Å². The summed E-state index contributed by atoms with van der Waals surface area (Å²) in [6.07, 6.45) is 1.94. The van der Waals surface area contributed by atoms with Gasteiger partial charge in [0.1, 0.15) is 0 Å². The summed E-state index contributed by atoms with van der Waals surface area (Å²) in [6.45, 7) is 2.01. The average Bonchev–Trinajstić information content (AvgIpc) is 3.24. The predicted octanol–water partition coefficient (Wildman–Crippen LogP) is 5.88. The lowest BCUT2D eigenvalue weighted by atomic mass is 10.1. The topological polar surface area (TPSA) is 56.9 Å². The van der Waals surface area contributed by atoms with E-state index in [4.69, 9.17) is 11.6 Å². The number of para-hydroxylation sites is 1. The molecule has 0 spiro atoms. The van der Waals surface area contributed by atoms with Gasteiger partial charge < -0.3 is 15.6 Å². The number of aryl methyl sites for hydroxylation is 1. The molecule has 1 aliphatic rings. The largest absolute Gasteiger partial charge is 0.356 e. The molecule has 1 saturated heterocycles. The van der Waals surface area contributed by atoms with E-state index in [-0.39, 0.29) is 11.4 Å². The lowest BCUT2D eigenvalue weighted by molar-refractivity contribution is -0.116. The van der Waals surface area contributed by atoms with E-state index in [1.54, 1.807) is 0 Å². The van der Waals surface area contributed by atoms with Crippen LogP contribution in [0.15, 0.2) is 65.6 Å². The fourth-order valence-electron chi connectivity index (χ4n) is 3.56. The first-order chi connectivity index (χ1) is 14.1. The summed E-state index contributed by atoms with van der Waals surface area (Å²) < 4.78 is 0. The summed E-state index contributed by atoms with van der Waals surface area (Å²) in [7, 11) is 0. The molecular weight excluding hydrogens is 402 g/mol. The molecule has 5 rings (SSSR count). The molecule has 1 unspecified atom stereocenters. The molecule has 6 heteroatoms. The first-order valence-corrected chi connectivity index (χ1v) is 10.5. The lowest BCUT2D eigenvalue weighted by Crippen LogP contribution is -2.31.